The second kappa shape index (κ2) is 5.07. The average Bonchev–Trinajstić information content (AvgIpc) is 2.61. The van der Waals surface area contributed by atoms with Crippen molar-refractivity contribution in [3.8, 4) is 0 Å². The van der Waals surface area contributed by atoms with Crippen LogP contribution in [0.1, 0.15) is 24.0 Å². The van der Waals surface area contributed by atoms with E-state index in [1.165, 1.54) is 0 Å². The fourth-order valence-electron chi connectivity index (χ4n) is 1.12. The molecule has 0 saturated carbocycles. The maximum Gasteiger partial charge on any atom is 0.199 e. The van der Waals surface area contributed by atoms with Crippen molar-refractivity contribution in [1.82, 2.24) is 9.55 Å². The van der Waals surface area contributed by atoms with Gasteiger partial charge in [0.1, 0.15) is 0 Å². The molecular weight excluding hydrogens is 184 g/mol. The molecule has 0 bridgehead atoms. The first-order chi connectivity index (χ1) is 6.29. The molecule has 0 spiro atoms. The Morgan fingerprint density at radius 1 is 1.69 bits per heavy atom. The first-order valence-electron chi connectivity index (χ1n) is 4.32. The van der Waals surface area contributed by atoms with E-state index in [4.69, 9.17) is 0 Å². The lowest BCUT2D eigenvalue weighted by Crippen LogP contribution is -2.09. The van der Waals surface area contributed by atoms with E-state index in [1.807, 2.05) is 23.9 Å². The van der Waals surface area contributed by atoms with Gasteiger partial charge in [-0.1, -0.05) is 0 Å². The van der Waals surface area contributed by atoms with Gasteiger partial charge in [0, 0.05) is 31.1 Å². The van der Waals surface area contributed by atoms with Crippen LogP contribution in [0.5, 0.6) is 0 Å². The molecule has 1 rings (SSSR count). The number of hydrogen-bond acceptors (Lipinski definition) is 3. The number of Topliss-reactive ketones (excluding diaryl/α,β-unsaturated/α-hetero) is 1. The van der Waals surface area contributed by atoms with Gasteiger partial charge in [-0.3, -0.25) is 4.79 Å². The van der Waals surface area contributed by atoms with Gasteiger partial charge >= 0.3 is 0 Å². The molecule has 0 N–H and O–H groups in total. The Labute approximate surface area is 82.5 Å². The highest BCUT2D eigenvalue weighted by Gasteiger charge is 2.10. The summed E-state index contributed by atoms with van der Waals surface area (Å²) in [6, 6.07) is 0. The minimum atomic E-state index is 0.140. The van der Waals surface area contributed by atoms with Crippen LogP contribution in [0.4, 0.5) is 0 Å². The summed E-state index contributed by atoms with van der Waals surface area (Å²) in [7, 11) is 0. The lowest BCUT2D eigenvalue weighted by atomic mass is 10.3. The first-order valence-corrected chi connectivity index (χ1v) is 5.72. The molecule has 3 nitrogen and oxygen atoms in total. The SMILES string of the molecule is CCn1ccnc1C(=O)CCSC. The molecule has 0 amide bonds. The average molecular weight is 198 g/mol. The van der Waals surface area contributed by atoms with Gasteiger partial charge in [0.15, 0.2) is 11.6 Å². The van der Waals surface area contributed by atoms with Crippen LogP contribution in [0.2, 0.25) is 0 Å². The van der Waals surface area contributed by atoms with Crippen molar-refractivity contribution >= 4 is 17.5 Å². The van der Waals surface area contributed by atoms with E-state index in [9.17, 15) is 4.79 Å². The van der Waals surface area contributed by atoms with Gasteiger partial charge in [0.2, 0.25) is 0 Å². The summed E-state index contributed by atoms with van der Waals surface area (Å²) in [6.07, 6.45) is 6.10. The van der Waals surface area contributed by atoms with Gasteiger partial charge in [0.05, 0.1) is 0 Å². The van der Waals surface area contributed by atoms with Gasteiger partial charge < -0.3 is 4.57 Å². The number of aryl methyl sites for hydroxylation is 1. The highest BCUT2D eigenvalue weighted by Crippen LogP contribution is 2.04. The summed E-state index contributed by atoms with van der Waals surface area (Å²) < 4.78 is 1.88. The normalized spacial score (nSPS) is 10.3. The molecule has 4 heteroatoms. The molecule has 0 aliphatic heterocycles. The van der Waals surface area contributed by atoms with Crippen LogP contribution in [0.3, 0.4) is 0 Å². The van der Waals surface area contributed by atoms with Crippen molar-refractivity contribution in [3.05, 3.63) is 18.2 Å². The van der Waals surface area contributed by atoms with E-state index in [1.54, 1.807) is 18.0 Å². The van der Waals surface area contributed by atoms with E-state index >= 15 is 0 Å². The Hall–Kier alpha value is -0.770. The number of nitrogens with zero attached hydrogens (tertiary/aromatic N) is 2. The Morgan fingerprint density at radius 2 is 2.46 bits per heavy atom. The van der Waals surface area contributed by atoms with Crippen molar-refractivity contribution < 1.29 is 4.79 Å². The molecule has 0 atom stereocenters. The fraction of sp³-hybridized carbons (Fsp3) is 0.556. The summed E-state index contributed by atoms with van der Waals surface area (Å²) in [6.45, 7) is 2.81. The molecule has 0 saturated heterocycles. The summed E-state index contributed by atoms with van der Waals surface area (Å²) >= 11 is 1.68. The Balaban J connectivity index is 2.65. The second-order valence-electron chi connectivity index (χ2n) is 2.70. The van der Waals surface area contributed by atoms with Crippen molar-refractivity contribution in [1.29, 1.82) is 0 Å². The number of rotatable bonds is 5. The highest BCUT2D eigenvalue weighted by atomic mass is 32.2. The quantitative estimate of drug-likeness (QED) is 0.677. The number of thioether (sulfide) groups is 1. The van der Waals surface area contributed by atoms with Crippen molar-refractivity contribution in [3.63, 3.8) is 0 Å². The molecule has 0 unspecified atom stereocenters. The van der Waals surface area contributed by atoms with Crippen LogP contribution >= 0.6 is 11.8 Å². The van der Waals surface area contributed by atoms with Crippen LogP contribution in [0, 0.1) is 0 Å². The predicted molar refractivity (Wildman–Crippen MR) is 55.2 cm³/mol. The zero-order valence-corrected chi connectivity index (χ0v) is 8.80. The van der Waals surface area contributed by atoms with Gasteiger partial charge in [-0.25, -0.2) is 4.98 Å². The number of carbonyl (C=O) groups excluding carboxylic acids is 1. The van der Waals surface area contributed by atoms with Gasteiger partial charge in [0.25, 0.3) is 0 Å². The number of carbonyl (C=O) groups is 1. The van der Waals surface area contributed by atoms with Crippen LogP contribution in [-0.4, -0.2) is 27.3 Å². The molecule has 1 heterocycles. The zero-order valence-electron chi connectivity index (χ0n) is 7.99. The van der Waals surface area contributed by atoms with Crippen LogP contribution in [-0.2, 0) is 6.54 Å². The molecule has 0 aliphatic carbocycles. The predicted octanol–water partition coefficient (Wildman–Crippen LogP) is 1.84. The van der Waals surface area contributed by atoms with E-state index in [0.29, 0.717) is 12.2 Å². The summed E-state index contributed by atoms with van der Waals surface area (Å²) in [5, 5.41) is 0. The Morgan fingerprint density at radius 3 is 3.08 bits per heavy atom. The number of imidazole rings is 1. The molecule has 1 aromatic heterocycles. The standard InChI is InChI=1S/C9H14N2OS/c1-3-11-6-5-10-9(11)8(12)4-7-13-2/h5-6H,3-4,7H2,1-2H3. The van der Waals surface area contributed by atoms with Gasteiger partial charge in [-0.05, 0) is 13.2 Å². The first kappa shape index (κ1) is 10.3. The Bertz CT molecular complexity index is 283. The molecule has 13 heavy (non-hydrogen) atoms. The fourth-order valence-corrected chi connectivity index (χ4v) is 1.51. The van der Waals surface area contributed by atoms with Crippen LogP contribution in [0.25, 0.3) is 0 Å². The molecule has 0 radical (unpaired) electrons. The molecule has 1 aromatic rings. The van der Waals surface area contributed by atoms with Gasteiger partial charge in [-0.15, -0.1) is 0 Å². The van der Waals surface area contributed by atoms with Crippen molar-refractivity contribution in [2.75, 3.05) is 12.0 Å². The van der Waals surface area contributed by atoms with Gasteiger partial charge in [-0.2, -0.15) is 11.8 Å². The smallest absolute Gasteiger partial charge is 0.199 e. The number of aromatic nitrogens is 2. The number of hydrogen-bond donors (Lipinski definition) is 0. The monoisotopic (exact) mass is 198 g/mol. The summed E-state index contributed by atoms with van der Waals surface area (Å²) in [5.74, 6) is 1.60. The third kappa shape index (κ3) is 2.59. The lowest BCUT2D eigenvalue weighted by molar-refractivity contribution is 0.0975. The molecule has 72 valence electrons. The lowest BCUT2D eigenvalue weighted by Gasteiger charge is -2.02. The topological polar surface area (TPSA) is 34.9 Å². The highest BCUT2D eigenvalue weighted by molar-refractivity contribution is 7.98. The van der Waals surface area contributed by atoms with Crippen LogP contribution in [0.15, 0.2) is 12.4 Å². The maximum atomic E-state index is 11.5. The summed E-state index contributed by atoms with van der Waals surface area (Å²) in [4.78, 5) is 15.6. The zero-order chi connectivity index (χ0) is 9.68. The van der Waals surface area contributed by atoms with Crippen molar-refractivity contribution in [2.24, 2.45) is 0 Å². The largest absolute Gasteiger partial charge is 0.329 e. The minimum absolute atomic E-state index is 0.140. The van der Waals surface area contributed by atoms with E-state index in [2.05, 4.69) is 4.98 Å². The van der Waals surface area contributed by atoms with Crippen molar-refractivity contribution in [2.45, 2.75) is 19.9 Å². The maximum absolute atomic E-state index is 11.5. The second-order valence-corrected chi connectivity index (χ2v) is 3.69. The third-order valence-electron chi connectivity index (χ3n) is 1.84. The van der Waals surface area contributed by atoms with E-state index in [-0.39, 0.29) is 5.78 Å². The van der Waals surface area contributed by atoms with E-state index < -0.39 is 0 Å². The molecule has 0 aliphatic rings. The van der Waals surface area contributed by atoms with E-state index in [0.717, 1.165) is 12.3 Å². The summed E-state index contributed by atoms with van der Waals surface area (Å²) in [5.41, 5.74) is 0. The molecule has 0 fully saturated rings. The molecule has 0 aromatic carbocycles. The number of ketones is 1. The minimum Gasteiger partial charge on any atom is -0.329 e. The Kier molecular flexibility index (Phi) is 4.02. The molecular formula is C9H14N2OS. The van der Waals surface area contributed by atoms with Crippen LogP contribution < -0.4 is 0 Å². The third-order valence-corrected chi connectivity index (χ3v) is 2.45.